The summed E-state index contributed by atoms with van der Waals surface area (Å²) < 4.78 is 0. The molecule has 68 heavy (non-hydrogen) atoms. The van der Waals surface area contributed by atoms with Crippen LogP contribution in [-0.2, 0) is 10.8 Å². The van der Waals surface area contributed by atoms with Crippen LogP contribution in [0.15, 0.2) is 231 Å². The van der Waals surface area contributed by atoms with Gasteiger partial charge in [0.25, 0.3) is 0 Å². The van der Waals surface area contributed by atoms with E-state index in [4.69, 9.17) is 0 Å². The number of para-hydroxylation sites is 2. The van der Waals surface area contributed by atoms with Crippen LogP contribution in [0.5, 0.6) is 0 Å². The standard InChI is InChI=1S/C66H60N2/c1-47(2)61-29-17-18-45-66(61,51-33-39-56(40-34-51)67(53-24-13-7-14-25-53)54-26-15-8-16-27-54)52-35-41-57(42-36-52)68(55-37-31-49(32-38-55)48-20-9-5-10-21-48)58-43-44-60-63(46-58)65(3,4)62-30-19-28-59(64(60)62)50-22-11-6-12-23-50/h5-16,19-28,30-44,46-47,61H,17-18,29,45H2,1-4H3. The average Bonchev–Trinajstić information content (AvgIpc) is 3.63. The minimum atomic E-state index is -0.174. The molecule has 2 aliphatic rings. The number of benzene rings is 9. The predicted molar refractivity (Wildman–Crippen MR) is 288 cm³/mol. The molecule has 11 rings (SSSR count). The molecule has 0 heterocycles. The van der Waals surface area contributed by atoms with Crippen LogP contribution in [-0.4, -0.2) is 0 Å². The predicted octanol–water partition coefficient (Wildman–Crippen LogP) is 18.4. The van der Waals surface area contributed by atoms with Crippen LogP contribution in [0.4, 0.5) is 34.1 Å². The summed E-state index contributed by atoms with van der Waals surface area (Å²) >= 11 is 0. The summed E-state index contributed by atoms with van der Waals surface area (Å²) in [6.07, 6.45) is 4.84. The van der Waals surface area contributed by atoms with E-state index in [-0.39, 0.29) is 10.8 Å². The highest BCUT2D eigenvalue weighted by atomic mass is 15.1. The first-order valence-corrected chi connectivity index (χ1v) is 24.7. The monoisotopic (exact) mass is 880 g/mol. The van der Waals surface area contributed by atoms with Gasteiger partial charge in [-0.1, -0.05) is 198 Å². The Hall–Kier alpha value is -7.42. The minimum Gasteiger partial charge on any atom is -0.311 e. The molecule has 2 unspecified atom stereocenters. The number of anilines is 6. The first-order valence-electron chi connectivity index (χ1n) is 24.7. The molecule has 0 saturated heterocycles. The molecule has 9 aromatic rings. The molecule has 0 amide bonds. The number of nitrogens with zero attached hydrogens (tertiary/aromatic N) is 2. The Labute approximate surface area is 404 Å². The van der Waals surface area contributed by atoms with Gasteiger partial charge in [0.2, 0.25) is 0 Å². The van der Waals surface area contributed by atoms with Gasteiger partial charge in [-0.15, -0.1) is 0 Å². The van der Waals surface area contributed by atoms with Crippen LogP contribution in [0.25, 0.3) is 33.4 Å². The third-order valence-corrected chi connectivity index (χ3v) is 15.3. The number of fused-ring (bicyclic) bond motifs is 3. The molecular formula is C66H60N2. The number of rotatable bonds is 11. The third-order valence-electron chi connectivity index (χ3n) is 15.3. The van der Waals surface area contributed by atoms with Gasteiger partial charge in [-0.25, -0.2) is 0 Å². The van der Waals surface area contributed by atoms with Crippen molar-refractivity contribution in [2.75, 3.05) is 9.80 Å². The van der Waals surface area contributed by atoms with Gasteiger partial charge in [0.1, 0.15) is 0 Å². The normalized spacial score (nSPS) is 17.0. The van der Waals surface area contributed by atoms with Gasteiger partial charge in [0.05, 0.1) is 0 Å². The lowest BCUT2D eigenvalue weighted by molar-refractivity contribution is 0.170. The van der Waals surface area contributed by atoms with Crippen molar-refractivity contribution in [2.45, 2.75) is 64.2 Å². The average molecular weight is 881 g/mol. The molecule has 0 aliphatic heterocycles. The largest absolute Gasteiger partial charge is 0.311 e. The third kappa shape index (κ3) is 7.63. The van der Waals surface area contributed by atoms with E-state index < -0.39 is 0 Å². The van der Waals surface area contributed by atoms with Crippen molar-refractivity contribution in [3.05, 3.63) is 253 Å². The summed E-state index contributed by atoms with van der Waals surface area (Å²) in [5.41, 5.74) is 19.9. The number of hydrogen-bond acceptors (Lipinski definition) is 2. The molecule has 1 saturated carbocycles. The van der Waals surface area contributed by atoms with E-state index in [1.807, 2.05) is 0 Å². The van der Waals surface area contributed by atoms with E-state index in [0.717, 1.165) is 34.9 Å². The van der Waals surface area contributed by atoms with E-state index in [0.29, 0.717) is 11.8 Å². The molecule has 2 aliphatic carbocycles. The first kappa shape index (κ1) is 43.2. The second kappa shape index (κ2) is 18.0. The SMILES string of the molecule is CC(C)C1CCCCC1(c1ccc(N(c2ccccc2)c2ccccc2)cc1)c1ccc(N(c2ccc(-c3ccccc3)cc2)c2ccc3c(c2)C(C)(C)c2cccc(-c4ccccc4)c2-3)cc1. The van der Waals surface area contributed by atoms with Crippen LogP contribution in [0.3, 0.4) is 0 Å². The Balaban J connectivity index is 1.02. The van der Waals surface area contributed by atoms with Gasteiger partial charge in [-0.3, -0.25) is 0 Å². The van der Waals surface area contributed by atoms with E-state index in [2.05, 4.69) is 268 Å². The molecule has 2 heteroatoms. The van der Waals surface area contributed by atoms with E-state index in [1.54, 1.807) is 0 Å². The molecule has 0 N–H and O–H groups in total. The zero-order chi connectivity index (χ0) is 46.2. The Morgan fingerprint density at radius 2 is 0.853 bits per heavy atom. The van der Waals surface area contributed by atoms with Crippen molar-refractivity contribution in [2.24, 2.45) is 11.8 Å². The van der Waals surface area contributed by atoms with Crippen LogP contribution in [0.1, 0.15) is 75.6 Å². The van der Waals surface area contributed by atoms with Crippen LogP contribution < -0.4 is 9.80 Å². The Morgan fingerprint density at radius 1 is 0.397 bits per heavy atom. The summed E-state index contributed by atoms with van der Waals surface area (Å²) in [5.74, 6) is 1.04. The highest BCUT2D eigenvalue weighted by Crippen LogP contribution is 2.55. The van der Waals surface area contributed by atoms with Gasteiger partial charge in [-0.2, -0.15) is 0 Å². The summed E-state index contributed by atoms with van der Waals surface area (Å²) in [6.45, 7) is 9.67. The first-order chi connectivity index (χ1) is 33.3. The van der Waals surface area contributed by atoms with Crippen molar-refractivity contribution >= 4 is 34.1 Å². The fourth-order valence-electron chi connectivity index (χ4n) is 12.1. The van der Waals surface area contributed by atoms with Gasteiger partial charge in [-0.05, 0) is 153 Å². The van der Waals surface area contributed by atoms with Gasteiger partial charge in [0, 0.05) is 45.0 Å². The van der Waals surface area contributed by atoms with E-state index in [9.17, 15) is 0 Å². The minimum absolute atomic E-state index is 0.115. The van der Waals surface area contributed by atoms with Crippen molar-refractivity contribution in [1.29, 1.82) is 0 Å². The molecule has 1 fully saturated rings. The molecule has 2 atom stereocenters. The fraction of sp³-hybridized carbons (Fsp3) is 0.182. The Bertz CT molecular complexity index is 3100. The van der Waals surface area contributed by atoms with Crippen LogP contribution in [0, 0.1) is 11.8 Å². The van der Waals surface area contributed by atoms with Gasteiger partial charge >= 0.3 is 0 Å². The fourth-order valence-corrected chi connectivity index (χ4v) is 12.1. The Kier molecular flexibility index (Phi) is 11.4. The number of hydrogen-bond donors (Lipinski definition) is 0. The van der Waals surface area contributed by atoms with Crippen LogP contribution in [0.2, 0.25) is 0 Å². The molecule has 0 radical (unpaired) electrons. The van der Waals surface area contributed by atoms with Gasteiger partial charge < -0.3 is 9.80 Å². The summed E-state index contributed by atoms with van der Waals surface area (Å²) in [6, 6.07) is 85.6. The topological polar surface area (TPSA) is 6.48 Å². The summed E-state index contributed by atoms with van der Waals surface area (Å²) in [7, 11) is 0. The summed E-state index contributed by atoms with van der Waals surface area (Å²) in [5, 5.41) is 0. The lowest BCUT2D eigenvalue weighted by Crippen LogP contribution is -2.42. The van der Waals surface area contributed by atoms with E-state index >= 15 is 0 Å². The van der Waals surface area contributed by atoms with Crippen molar-refractivity contribution in [3.63, 3.8) is 0 Å². The quantitative estimate of drug-likeness (QED) is 0.128. The summed E-state index contributed by atoms with van der Waals surface area (Å²) in [4.78, 5) is 4.84. The molecule has 2 nitrogen and oxygen atoms in total. The van der Waals surface area contributed by atoms with Gasteiger partial charge in [0.15, 0.2) is 0 Å². The maximum Gasteiger partial charge on any atom is 0.0465 e. The molecule has 0 aromatic heterocycles. The maximum atomic E-state index is 2.47. The second-order valence-corrected chi connectivity index (χ2v) is 19.9. The lowest BCUT2D eigenvalue weighted by Gasteiger charge is -2.48. The van der Waals surface area contributed by atoms with E-state index in [1.165, 1.54) is 80.6 Å². The highest BCUT2D eigenvalue weighted by molar-refractivity contribution is 5.94. The zero-order valence-electron chi connectivity index (χ0n) is 39.8. The molecule has 334 valence electrons. The molecular weight excluding hydrogens is 821 g/mol. The van der Waals surface area contributed by atoms with Crippen molar-refractivity contribution in [1.82, 2.24) is 0 Å². The maximum absolute atomic E-state index is 2.47. The smallest absolute Gasteiger partial charge is 0.0465 e. The second-order valence-electron chi connectivity index (χ2n) is 19.9. The highest BCUT2D eigenvalue weighted by Gasteiger charge is 2.45. The van der Waals surface area contributed by atoms with Crippen molar-refractivity contribution in [3.8, 4) is 33.4 Å². The Morgan fingerprint density at radius 3 is 1.40 bits per heavy atom. The molecule has 0 spiro atoms. The lowest BCUT2D eigenvalue weighted by atomic mass is 9.56. The van der Waals surface area contributed by atoms with Crippen molar-refractivity contribution < 1.29 is 0 Å². The molecule has 9 aromatic carbocycles. The molecule has 0 bridgehead atoms. The zero-order valence-corrected chi connectivity index (χ0v) is 39.8. The van der Waals surface area contributed by atoms with Crippen LogP contribution >= 0.6 is 0 Å².